The van der Waals surface area contributed by atoms with Crippen molar-refractivity contribution in [3.05, 3.63) is 65.7 Å². The zero-order valence-electron chi connectivity index (χ0n) is 48.2. The molecule has 4 saturated heterocycles. The topological polar surface area (TPSA) is 576 Å². The molecule has 24 N–H and O–H groups in total. The van der Waals surface area contributed by atoms with Crippen LogP contribution in [0.4, 0.5) is 0 Å². The number of aliphatic hydroxyl groups is 13. The number of guanidine groups is 2. The van der Waals surface area contributed by atoms with Crippen molar-refractivity contribution >= 4 is 47.4 Å². The summed E-state index contributed by atoms with van der Waals surface area (Å²) in [4.78, 5) is 96.1. The van der Waals surface area contributed by atoms with Crippen molar-refractivity contribution in [1.82, 2.24) is 42.1 Å². The minimum Gasteiger partial charge on any atom is -0.462 e. The van der Waals surface area contributed by atoms with Gasteiger partial charge in [0.15, 0.2) is 24.4 Å². The monoisotopic (exact) mass is 1280 g/mol. The highest BCUT2D eigenvalue weighted by Crippen LogP contribution is 2.32. The third-order valence-electron chi connectivity index (χ3n) is 16.4. The standard InChI is InChI=1S/C54H78N12O24/c1-20(22-5-3-2-4-6-22)33-48(84)62-25(11-21-7-9-24(10-8-21)86-51-43(80)40(77)44(31(19-70)89-51)90-52-42(79)39(76)37(74)30(18-69)88-52)46(82)61-26(12-23-13-58-53(55)60-23)47(83)65-34(49(85)63-27(16-67)45(81)57-15-32(71)64-33)35(72)28-14-59-54(56)66(28)50-41(78)38(75)36(73)29(17-68)87-50/h2-10,20,23,25-31,33-44,50-52,67-70,72-80H,11-19H2,1H3,(H2,56,59)(H,57,81)(H,61,82)(H,62,84)(H,63,85)(H,64,71)(H,65,83)(H3,55,58,60)/t20?,23?,25-,26+,27+,28?,29-,30-,31-,33+,34-,35?,36-,37-,38+,39+,40-,41+,42+,43+,44-,50+,51+,52-/m1/s1. The summed E-state index contributed by atoms with van der Waals surface area (Å²) in [5.41, 5.74) is 13.0. The lowest BCUT2D eigenvalue weighted by Gasteiger charge is -2.46. The molecule has 6 amide bonds. The van der Waals surface area contributed by atoms with E-state index in [1.807, 2.05) is 0 Å². The van der Waals surface area contributed by atoms with Crippen molar-refractivity contribution in [2.75, 3.05) is 46.1 Å². The fourth-order valence-corrected chi connectivity index (χ4v) is 11.2. The number of ether oxygens (including phenoxy) is 5. The number of benzene rings is 2. The Hall–Kier alpha value is -7.08. The number of carbonyl (C=O) groups excluding carboxylic acids is 6. The van der Waals surface area contributed by atoms with Gasteiger partial charge >= 0.3 is 0 Å². The van der Waals surface area contributed by atoms with E-state index in [-0.39, 0.29) is 30.2 Å². The Balaban J connectivity index is 1.09. The van der Waals surface area contributed by atoms with Crippen molar-refractivity contribution < 1.29 is 119 Å². The molecule has 4 unspecified atom stereocenters. The Labute approximate surface area is 512 Å². The summed E-state index contributed by atoms with van der Waals surface area (Å²) in [5.74, 6) is -8.08. The molecule has 2 aromatic rings. The highest BCUT2D eigenvalue weighted by Gasteiger charge is 2.54. The summed E-state index contributed by atoms with van der Waals surface area (Å²) < 4.78 is 28.3. The van der Waals surface area contributed by atoms with E-state index in [0.717, 1.165) is 4.90 Å². The van der Waals surface area contributed by atoms with Crippen molar-refractivity contribution in [3.8, 4) is 5.75 Å². The van der Waals surface area contributed by atoms with Crippen LogP contribution in [0.2, 0.25) is 0 Å². The van der Waals surface area contributed by atoms with E-state index < -0.39 is 234 Å². The number of hydrogen-bond acceptors (Lipinski definition) is 30. The molecule has 8 rings (SSSR count). The minimum atomic E-state index is -2.22. The molecule has 0 bridgehead atoms. The van der Waals surface area contributed by atoms with Gasteiger partial charge in [0.2, 0.25) is 41.7 Å². The number of carbonyl (C=O) groups is 6. The molecular weight excluding hydrogens is 1200 g/mol. The number of amides is 6. The number of nitrogens with zero attached hydrogens (tertiary/aromatic N) is 3. The summed E-state index contributed by atoms with van der Waals surface area (Å²) in [6, 6.07) is 2.47. The zero-order valence-corrected chi connectivity index (χ0v) is 48.2. The van der Waals surface area contributed by atoms with E-state index in [2.05, 4.69) is 47.2 Å². The van der Waals surface area contributed by atoms with Crippen molar-refractivity contribution in [2.24, 2.45) is 21.5 Å². The predicted molar refractivity (Wildman–Crippen MR) is 302 cm³/mol. The number of aliphatic imine (C=N–C) groups is 2. The zero-order chi connectivity index (χ0) is 65.4. The van der Waals surface area contributed by atoms with Gasteiger partial charge in [-0.2, -0.15) is 0 Å². The average Bonchev–Trinajstić information content (AvgIpc) is 1.45. The average molecular weight is 1280 g/mol. The fraction of sp³-hybridized carbons (Fsp3) is 0.630. The normalized spacial score (nSPS) is 37.5. The molecule has 90 heavy (non-hydrogen) atoms. The van der Waals surface area contributed by atoms with Crippen LogP contribution in [0.3, 0.4) is 0 Å². The van der Waals surface area contributed by atoms with Gasteiger partial charge in [0, 0.05) is 12.3 Å². The lowest BCUT2D eigenvalue weighted by atomic mass is 9.92. The van der Waals surface area contributed by atoms with Crippen molar-refractivity contribution in [2.45, 2.75) is 166 Å². The van der Waals surface area contributed by atoms with Crippen LogP contribution < -0.4 is 53.4 Å². The second kappa shape index (κ2) is 30.4. The van der Waals surface area contributed by atoms with Gasteiger partial charge in [0.1, 0.15) is 115 Å². The third kappa shape index (κ3) is 15.6. The van der Waals surface area contributed by atoms with Gasteiger partial charge in [-0.05, 0) is 29.7 Å². The van der Waals surface area contributed by atoms with E-state index >= 15 is 4.79 Å². The molecule has 24 atom stereocenters. The van der Waals surface area contributed by atoms with E-state index in [0.29, 0.717) is 5.56 Å². The van der Waals surface area contributed by atoms with Crippen LogP contribution in [0.25, 0.3) is 0 Å². The van der Waals surface area contributed by atoms with Crippen LogP contribution in [-0.2, 0) is 54.1 Å². The molecule has 2 aromatic carbocycles. The molecule has 6 aliphatic rings. The van der Waals surface area contributed by atoms with Gasteiger partial charge in [0.25, 0.3) is 0 Å². The maximum atomic E-state index is 15.1. The molecule has 4 fully saturated rings. The molecule has 0 radical (unpaired) electrons. The minimum absolute atomic E-state index is 0.0405. The summed E-state index contributed by atoms with van der Waals surface area (Å²) >= 11 is 0. The second-order valence-electron chi connectivity index (χ2n) is 22.5. The van der Waals surface area contributed by atoms with Crippen LogP contribution >= 0.6 is 0 Å². The fourth-order valence-electron chi connectivity index (χ4n) is 11.2. The molecule has 498 valence electrons. The first-order valence-corrected chi connectivity index (χ1v) is 28.8. The van der Waals surface area contributed by atoms with Crippen LogP contribution in [0.15, 0.2) is 64.6 Å². The highest BCUT2D eigenvalue weighted by molar-refractivity contribution is 5.98. The molecule has 6 heterocycles. The Morgan fingerprint density at radius 1 is 0.589 bits per heavy atom. The number of hydrogen-bond donors (Lipinski definition) is 22. The number of aliphatic hydroxyl groups excluding tert-OH is 13. The lowest BCUT2D eigenvalue weighted by molar-refractivity contribution is -0.352. The van der Waals surface area contributed by atoms with Crippen LogP contribution in [0, 0.1) is 0 Å². The highest BCUT2D eigenvalue weighted by atomic mass is 16.7. The van der Waals surface area contributed by atoms with Gasteiger partial charge in [-0.25, -0.2) is 0 Å². The van der Waals surface area contributed by atoms with Crippen LogP contribution in [0.5, 0.6) is 5.75 Å². The Morgan fingerprint density at radius 3 is 1.81 bits per heavy atom. The third-order valence-corrected chi connectivity index (χ3v) is 16.4. The van der Waals surface area contributed by atoms with E-state index in [4.69, 9.17) is 35.2 Å². The van der Waals surface area contributed by atoms with Crippen LogP contribution in [0.1, 0.15) is 30.4 Å². The largest absolute Gasteiger partial charge is 0.462 e. The summed E-state index contributed by atoms with van der Waals surface area (Å²) in [7, 11) is 0. The van der Waals surface area contributed by atoms with E-state index in [1.165, 1.54) is 24.3 Å². The number of rotatable bonds is 17. The molecule has 36 heteroatoms. The molecule has 0 saturated carbocycles. The van der Waals surface area contributed by atoms with E-state index in [9.17, 15) is 90.4 Å². The van der Waals surface area contributed by atoms with E-state index in [1.54, 1.807) is 37.3 Å². The molecular formula is C54H78N12O24. The van der Waals surface area contributed by atoms with Gasteiger partial charge in [-0.15, -0.1) is 0 Å². The van der Waals surface area contributed by atoms with Gasteiger partial charge in [-0.1, -0.05) is 49.4 Å². The first-order chi connectivity index (χ1) is 42.9. The van der Waals surface area contributed by atoms with Crippen molar-refractivity contribution in [1.29, 1.82) is 0 Å². The predicted octanol–water partition coefficient (Wildman–Crippen LogP) is -12.6. The maximum absolute atomic E-state index is 15.1. The second-order valence-corrected chi connectivity index (χ2v) is 22.5. The molecule has 0 aliphatic carbocycles. The smallest absolute Gasteiger partial charge is 0.246 e. The molecule has 0 spiro atoms. The Bertz CT molecular complexity index is 2870. The Morgan fingerprint density at radius 2 is 1.18 bits per heavy atom. The number of nitrogens with one attached hydrogen (secondary N) is 7. The molecule has 6 aliphatic heterocycles. The lowest BCUT2D eigenvalue weighted by Crippen LogP contribution is -2.69. The Kier molecular flexibility index (Phi) is 23.2. The molecule has 0 aromatic heterocycles. The maximum Gasteiger partial charge on any atom is 0.246 e. The van der Waals surface area contributed by atoms with Gasteiger partial charge in [0.05, 0.1) is 58.1 Å². The van der Waals surface area contributed by atoms with Crippen molar-refractivity contribution in [3.63, 3.8) is 0 Å². The molecule has 36 nitrogen and oxygen atoms in total. The van der Waals surface area contributed by atoms with Crippen LogP contribution in [-0.4, -0.2) is 305 Å². The first kappa shape index (κ1) is 68.8. The summed E-state index contributed by atoms with van der Waals surface area (Å²) in [6.45, 7) is -3.50. The first-order valence-electron chi connectivity index (χ1n) is 28.8. The SMILES string of the molecule is CC(c1ccccc1)[C@@H]1NC(=O)CNC(=O)[C@H](CO)NC(=O)[C@@H](C(O)C2CN=C(N)N2[C@H]2O[C@H](CO)[C@@H](O)[C@H](O)[C@@H]2O)NC(=O)[C@H](CC2CN=C(N)N2)NC(=O)[C@@H](Cc2ccc(O[C@H]3O[C@H](CO)[C@@H](O[C@H]4O[C@H](CO)[C@@H](O)[C@H](O)[C@@H]4O)[C@H](O)[C@@H]3O)cc2)NC1=O. The summed E-state index contributed by atoms with van der Waals surface area (Å²) in [6.07, 6.45) is -29.5. The number of nitrogens with two attached hydrogens (primary N) is 2. The van der Waals surface area contributed by atoms with Gasteiger partial charge in [-0.3, -0.25) is 38.8 Å². The summed E-state index contributed by atoms with van der Waals surface area (Å²) in [5, 5.41) is 156. The van der Waals surface area contributed by atoms with Gasteiger partial charge < -0.3 is 144 Å². The quantitative estimate of drug-likeness (QED) is 0.0699.